The van der Waals surface area contributed by atoms with Crippen LogP contribution in [0.4, 0.5) is 11.4 Å². The predicted octanol–water partition coefficient (Wildman–Crippen LogP) is 4.16. The molecule has 136 valence electrons. The number of carboxylic acids is 1. The number of nitrogens with one attached hydrogen (secondary N) is 1. The molecular formula is C19H20N2O5. The van der Waals surface area contributed by atoms with Gasteiger partial charge < -0.3 is 10.4 Å². The molecule has 2 rings (SSSR count). The monoisotopic (exact) mass is 356 g/mol. The fraction of sp³-hybridized carbons (Fsp3) is 0.263. The fourth-order valence-electron chi connectivity index (χ4n) is 2.56. The molecule has 2 aromatic rings. The highest BCUT2D eigenvalue weighted by Gasteiger charge is 2.20. The van der Waals surface area contributed by atoms with E-state index < -0.39 is 22.7 Å². The topological polar surface area (TPSA) is 110 Å². The van der Waals surface area contributed by atoms with Crippen molar-refractivity contribution in [3.63, 3.8) is 0 Å². The molecule has 26 heavy (non-hydrogen) atoms. The number of benzene rings is 2. The summed E-state index contributed by atoms with van der Waals surface area (Å²) in [5.41, 5.74) is 1.61. The SMILES string of the molecule is CC(C)c1ccc(C(=O)Nc2cccc(C(C)C(=O)O)c2)cc1[N+](=O)[O-]. The lowest BCUT2D eigenvalue weighted by Crippen LogP contribution is -2.14. The van der Waals surface area contributed by atoms with Crippen molar-refractivity contribution in [3.8, 4) is 0 Å². The number of nitro benzene ring substituents is 1. The first-order valence-corrected chi connectivity index (χ1v) is 8.13. The number of anilines is 1. The van der Waals surface area contributed by atoms with E-state index in [-0.39, 0.29) is 17.2 Å². The van der Waals surface area contributed by atoms with Crippen molar-refractivity contribution in [2.24, 2.45) is 0 Å². The molecule has 1 atom stereocenters. The highest BCUT2D eigenvalue weighted by atomic mass is 16.6. The molecule has 1 unspecified atom stereocenters. The zero-order valence-electron chi connectivity index (χ0n) is 14.7. The largest absolute Gasteiger partial charge is 0.481 e. The van der Waals surface area contributed by atoms with E-state index in [4.69, 9.17) is 5.11 Å². The van der Waals surface area contributed by atoms with Crippen LogP contribution >= 0.6 is 0 Å². The van der Waals surface area contributed by atoms with E-state index in [1.807, 2.05) is 13.8 Å². The van der Waals surface area contributed by atoms with Crippen LogP contribution in [0.3, 0.4) is 0 Å². The first-order valence-electron chi connectivity index (χ1n) is 8.13. The first-order chi connectivity index (χ1) is 12.2. The van der Waals surface area contributed by atoms with Crippen molar-refractivity contribution in [1.29, 1.82) is 0 Å². The molecular weight excluding hydrogens is 336 g/mol. The smallest absolute Gasteiger partial charge is 0.310 e. The van der Waals surface area contributed by atoms with Gasteiger partial charge in [0.25, 0.3) is 11.6 Å². The molecule has 7 heteroatoms. The summed E-state index contributed by atoms with van der Waals surface area (Å²) in [6, 6.07) is 10.9. The summed E-state index contributed by atoms with van der Waals surface area (Å²) in [5, 5.41) is 23.0. The van der Waals surface area contributed by atoms with Crippen LogP contribution in [0.2, 0.25) is 0 Å². The third-order valence-corrected chi connectivity index (χ3v) is 4.13. The van der Waals surface area contributed by atoms with Crippen LogP contribution in [0.15, 0.2) is 42.5 Å². The molecule has 0 aliphatic rings. The third kappa shape index (κ3) is 4.24. The molecule has 0 radical (unpaired) electrons. The first kappa shape index (κ1) is 19.1. The molecule has 2 N–H and O–H groups in total. The number of rotatable bonds is 6. The average Bonchev–Trinajstić information content (AvgIpc) is 2.60. The summed E-state index contributed by atoms with van der Waals surface area (Å²) in [6.45, 7) is 5.24. The number of amides is 1. The molecule has 0 aliphatic heterocycles. The van der Waals surface area contributed by atoms with Crippen LogP contribution < -0.4 is 5.32 Å². The Hall–Kier alpha value is -3.22. The van der Waals surface area contributed by atoms with Crippen molar-refractivity contribution in [2.45, 2.75) is 32.6 Å². The van der Waals surface area contributed by atoms with Gasteiger partial charge in [-0.1, -0.05) is 32.0 Å². The molecule has 0 fully saturated rings. The van der Waals surface area contributed by atoms with Crippen molar-refractivity contribution >= 4 is 23.3 Å². The maximum Gasteiger partial charge on any atom is 0.310 e. The standard InChI is InChI=1S/C19H20N2O5/c1-11(2)16-8-7-14(10-17(16)21(25)26)18(22)20-15-6-4-5-13(9-15)12(3)19(23)24/h4-12H,1-3H3,(H,20,22)(H,23,24). The number of hydrogen-bond acceptors (Lipinski definition) is 4. The minimum atomic E-state index is -0.964. The zero-order chi connectivity index (χ0) is 19.4. The van der Waals surface area contributed by atoms with Gasteiger partial charge in [-0.25, -0.2) is 0 Å². The Balaban J connectivity index is 2.28. The van der Waals surface area contributed by atoms with E-state index in [0.717, 1.165) is 0 Å². The van der Waals surface area contributed by atoms with Gasteiger partial charge in [-0.05, 0) is 36.6 Å². The number of hydrogen-bond donors (Lipinski definition) is 2. The van der Waals surface area contributed by atoms with Gasteiger partial charge in [0.05, 0.1) is 10.8 Å². The summed E-state index contributed by atoms with van der Waals surface area (Å²) >= 11 is 0. The van der Waals surface area contributed by atoms with Crippen LogP contribution in [0.1, 0.15) is 54.1 Å². The van der Waals surface area contributed by atoms with E-state index in [0.29, 0.717) is 16.8 Å². The Morgan fingerprint density at radius 2 is 1.81 bits per heavy atom. The summed E-state index contributed by atoms with van der Waals surface area (Å²) in [6.07, 6.45) is 0. The lowest BCUT2D eigenvalue weighted by Gasteiger charge is -2.11. The predicted molar refractivity (Wildman–Crippen MR) is 97.6 cm³/mol. The van der Waals surface area contributed by atoms with Crippen molar-refractivity contribution in [1.82, 2.24) is 0 Å². The van der Waals surface area contributed by atoms with Gasteiger partial charge in [-0.2, -0.15) is 0 Å². The number of aliphatic carboxylic acids is 1. The third-order valence-electron chi connectivity index (χ3n) is 4.13. The minimum absolute atomic E-state index is 0.0401. The van der Waals surface area contributed by atoms with Gasteiger partial charge in [-0.3, -0.25) is 19.7 Å². The van der Waals surface area contributed by atoms with Crippen LogP contribution in [-0.4, -0.2) is 21.9 Å². The molecule has 0 aliphatic carbocycles. The van der Waals surface area contributed by atoms with E-state index in [1.165, 1.54) is 6.07 Å². The molecule has 7 nitrogen and oxygen atoms in total. The van der Waals surface area contributed by atoms with Crippen LogP contribution in [0.25, 0.3) is 0 Å². The number of nitro groups is 1. The Bertz CT molecular complexity index is 861. The molecule has 0 saturated carbocycles. The minimum Gasteiger partial charge on any atom is -0.481 e. The maximum atomic E-state index is 12.4. The van der Waals surface area contributed by atoms with Gasteiger partial charge in [0.15, 0.2) is 0 Å². The maximum absolute atomic E-state index is 12.4. The highest BCUT2D eigenvalue weighted by Crippen LogP contribution is 2.28. The average molecular weight is 356 g/mol. The Morgan fingerprint density at radius 3 is 2.38 bits per heavy atom. The summed E-state index contributed by atoms with van der Waals surface area (Å²) in [5.74, 6) is -2.21. The van der Waals surface area contributed by atoms with E-state index in [1.54, 1.807) is 43.3 Å². The van der Waals surface area contributed by atoms with E-state index in [2.05, 4.69) is 5.32 Å². The molecule has 0 bridgehead atoms. The van der Waals surface area contributed by atoms with E-state index >= 15 is 0 Å². The summed E-state index contributed by atoms with van der Waals surface area (Å²) in [4.78, 5) is 34.3. The highest BCUT2D eigenvalue weighted by molar-refractivity contribution is 6.04. The Labute approximate surface area is 150 Å². The Kier molecular flexibility index (Phi) is 5.71. The lowest BCUT2D eigenvalue weighted by molar-refractivity contribution is -0.385. The number of carboxylic acid groups (broad SMARTS) is 1. The second-order valence-electron chi connectivity index (χ2n) is 6.32. The zero-order valence-corrected chi connectivity index (χ0v) is 14.7. The molecule has 0 heterocycles. The van der Waals surface area contributed by atoms with Crippen molar-refractivity contribution < 1.29 is 19.6 Å². The van der Waals surface area contributed by atoms with Crippen LogP contribution in [-0.2, 0) is 4.79 Å². The quantitative estimate of drug-likeness (QED) is 0.596. The molecule has 0 saturated heterocycles. The molecule has 0 spiro atoms. The number of carbonyl (C=O) groups is 2. The van der Waals surface area contributed by atoms with Gasteiger partial charge in [0, 0.05) is 22.9 Å². The molecule has 2 aromatic carbocycles. The Morgan fingerprint density at radius 1 is 1.12 bits per heavy atom. The number of nitrogens with zero attached hydrogens (tertiary/aromatic N) is 1. The number of carbonyl (C=O) groups excluding carboxylic acids is 1. The van der Waals surface area contributed by atoms with Crippen molar-refractivity contribution in [2.75, 3.05) is 5.32 Å². The van der Waals surface area contributed by atoms with Gasteiger partial charge in [0.2, 0.25) is 0 Å². The normalized spacial score (nSPS) is 11.8. The van der Waals surface area contributed by atoms with Crippen molar-refractivity contribution in [3.05, 3.63) is 69.3 Å². The summed E-state index contributed by atoms with van der Waals surface area (Å²) < 4.78 is 0. The summed E-state index contributed by atoms with van der Waals surface area (Å²) in [7, 11) is 0. The molecule has 0 aromatic heterocycles. The van der Waals surface area contributed by atoms with Crippen LogP contribution in [0, 0.1) is 10.1 Å². The molecule has 1 amide bonds. The van der Waals surface area contributed by atoms with Gasteiger partial charge >= 0.3 is 5.97 Å². The van der Waals surface area contributed by atoms with Gasteiger partial charge in [-0.15, -0.1) is 0 Å². The second-order valence-corrected chi connectivity index (χ2v) is 6.32. The van der Waals surface area contributed by atoms with Crippen LogP contribution in [0.5, 0.6) is 0 Å². The van der Waals surface area contributed by atoms with Gasteiger partial charge in [0.1, 0.15) is 0 Å². The fourth-order valence-corrected chi connectivity index (χ4v) is 2.56. The second kappa shape index (κ2) is 7.77. The van der Waals surface area contributed by atoms with E-state index in [9.17, 15) is 19.7 Å². The lowest BCUT2D eigenvalue weighted by atomic mass is 9.99.